The molecule has 0 radical (unpaired) electrons. The molecule has 38 heavy (non-hydrogen) atoms. The third-order valence-corrected chi connectivity index (χ3v) is 7.66. The van der Waals surface area contributed by atoms with Crippen LogP contribution in [0.25, 0.3) is 0 Å². The van der Waals surface area contributed by atoms with E-state index in [0.29, 0.717) is 18.7 Å². The van der Waals surface area contributed by atoms with Crippen LogP contribution in [0.4, 0.5) is 4.39 Å². The van der Waals surface area contributed by atoms with E-state index in [4.69, 9.17) is 14.3 Å². The Labute approximate surface area is 221 Å². The predicted molar refractivity (Wildman–Crippen MR) is 138 cm³/mol. The first kappa shape index (κ1) is 26.1. The lowest BCUT2D eigenvalue weighted by molar-refractivity contribution is -0.136. The molecule has 0 aliphatic carbocycles. The van der Waals surface area contributed by atoms with Crippen molar-refractivity contribution in [1.82, 2.24) is 10.3 Å². The summed E-state index contributed by atoms with van der Waals surface area (Å²) in [5.74, 6) is -0.873. The van der Waals surface area contributed by atoms with Crippen LogP contribution in [0.2, 0.25) is 0 Å². The van der Waals surface area contributed by atoms with E-state index >= 15 is 0 Å². The number of carboxylic acids is 1. The highest BCUT2D eigenvalue weighted by Gasteiger charge is 2.51. The molecule has 1 aromatic heterocycles. The van der Waals surface area contributed by atoms with Gasteiger partial charge in [-0.05, 0) is 74.8 Å². The Morgan fingerprint density at radius 3 is 2.53 bits per heavy atom. The van der Waals surface area contributed by atoms with E-state index in [1.807, 2.05) is 32.0 Å². The highest BCUT2D eigenvalue weighted by atomic mass is 19.1. The van der Waals surface area contributed by atoms with Gasteiger partial charge in [0, 0.05) is 17.9 Å². The van der Waals surface area contributed by atoms with Crippen LogP contribution in [0, 0.1) is 11.7 Å². The number of benzene rings is 2. The third kappa shape index (κ3) is 5.80. The van der Waals surface area contributed by atoms with Crippen LogP contribution in [0.5, 0.6) is 0 Å². The van der Waals surface area contributed by atoms with Gasteiger partial charge in [0.25, 0.3) is 5.91 Å². The first-order valence-electron chi connectivity index (χ1n) is 13.1. The highest BCUT2D eigenvalue weighted by molar-refractivity contribution is 5.92. The number of rotatable bonds is 10. The van der Waals surface area contributed by atoms with E-state index in [-0.39, 0.29) is 47.9 Å². The van der Waals surface area contributed by atoms with Gasteiger partial charge in [0.1, 0.15) is 12.1 Å². The lowest BCUT2D eigenvalue weighted by atomic mass is 9.75. The van der Waals surface area contributed by atoms with Crippen molar-refractivity contribution >= 4 is 11.9 Å². The van der Waals surface area contributed by atoms with Gasteiger partial charge in [-0.25, -0.2) is 9.37 Å². The quantitative estimate of drug-likeness (QED) is 0.386. The van der Waals surface area contributed by atoms with Gasteiger partial charge in [0.15, 0.2) is 5.69 Å². The Morgan fingerprint density at radius 2 is 1.79 bits per heavy atom. The van der Waals surface area contributed by atoms with Gasteiger partial charge in [-0.15, -0.1) is 0 Å². The molecule has 2 N–H and O–H groups in total. The number of carboxylic acid groups (broad SMARTS) is 1. The lowest BCUT2D eigenvalue weighted by Gasteiger charge is -2.27. The molecule has 2 aromatic carbocycles. The Kier molecular flexibility index (Phi) is 7.34. The molecular formula is C30H33FN2O5. The van der Waals surface area contributed by atoms with Crippen molar-refractivity contribution in [3.05, 3.63) is 88.9 Å². The van der Waals surface area contributed by atoms with Crippen LogP contribution in [-0.2, 0) is 28.8 Å². The standard InChI is InChI=1S/C30H33FN2O5/c1-30(2,16-18-7-10-21(31)11-8-18)33-28(36)23-17-37-29(32-23)27-22(24-12-13-25(27)38-24)15-20-6-4-3-5-19(20)9-14-26(34)35/h3-8,10-11,17,22,24-25,27H,9,12-16H2,1-2H3,(H,33,36)(H,34,35)/t22-,24-,25+,27-/m0/s1. The SMILES string of the molecule is CC(C)(Cc1ccc(F)cc1)NC(=O)c1coc([C@H]2[C@@H](Cc3ccccc3CCC(=O)O)[C@@H]3CC[C@H]2O3)n1. The number of hydrogen-bond donors (Lipinski definition) is 2. The van der Waals surface area contributed by atoms with Crippen LogP contribution in [0.1, 0.15) is 72.1 Å². The summed E-state index contributed by atoms with van der Waals surface area (Å²) in [4.78, 5) is 28.8. The number of carbonyl (C=O) groups is 2. The van der Waals surface area contributed by atoms with Crippen LogP contribution < -0.4 is 5.32 Å². The molecule has 200 valence electrons. The molecule has 2 aliphatic rings. The summed E-state index contributed by atoms with van der Waals surface area (Å²) in [5, 5.41) is 12.2. The summed E-state index contributed by atoms with van der Waals surface area (Å²) < 4.78 is 25.4. The maximum Gasteiger partial charge on any atom is 0.303 e. The number of carbonyl (C=O) groups excluding carboxylic acids is 1. The molecule has 0 unspecified atom stereocenters. The normalized spacial score (nSPS) is 22.5. The van der Waals surface area contributed by atoms with E-state index < -0.39 is 11.5 Å². The first-order chi connectivity index (χ1) is 18.2. The highest BCUT2D eigenvalue weighted by Crippen LogP contribution is 2.50. The lowest BCUT2D eigenvalue weighted by Crippen LogP contribution is -2.45. The number of aryl methyl sites for hydroxylation is 1. The number of oxazole rings is 1. The van der Waals surface area contributed by atoms with E-state index in [1.165, 1.54) is 18.4 Å². The number of fused-ring (bicyclic) bond motifs is 2. The fourth-order valence-electron chi connectivity index (χ4n) is 5.95. The zero-order chi connectivity index (χ0) is 26.9. The second kappa shape index (κ2) is 10.7. The third-order valence-electron chi connectivity index (χ3n) is 7.66. The van der Waals surface area contributed by atoms with Crippen LogP contribution in [0.15, 0.2) is 59.2 Å². The monoisotopic (exact) mass is 520 g/mol. The Bertz CT molecular complexity index is 1300. The Hall–Kier alpha value is -3.52. The zero-order valence-corrected chi connectivity index (χ0v) is 21.7. The molecule has 0 saturated carbocycles. The second-order valence-corrected chi connectivity index (χ2v) is 11.1. The minimum absolute atomic E-state index is 0.0133. The summed E-state index contributed by atoms with van der Waals surface area (Å²) in [6.07, 6.45) is 5.19. The summed E-state index contributed by atoms with van der Waals surface area (Å²) in [6.45, 7) is 3.83. The maximum absolute atomic E-state index is 13.3. The van der Waals surface area contributed by atoms with Crippen LogP contribution in [-0.4, -0.2) is 39.7 Å². The molecule has 1 amide bonds. The van der Waals surface area contributed by atoms with E-state index in [0.717, 1.165) is 36.0 Å². The van der Waals surface area contributed by atoms with Crippen molar-refractivity contribution in [1.29, 1.82) is 0 Å². The average Bonchev–Trinajstić information content (AvgIpc) is 3.61. The molecule has 2 bridgehead atoms. The number of ether oxygens (including phenoxy) is 1. The van der Waals surface area contributed by atoms with Gasteiger partial charge < -0.3 is 19.6 Å². The number of amides is 1. The van der Waals surface area contributed by atoms with E-state index in [2.05, 4.69) is 16.4 Å². The zero-order valence-electron chi connectivity index (χ0n) is 21.7. The molecule has 2 fully saturated rings. The molecule has 2 saturated heterocycles. The topological polar surface area (TPSA) is 102 Å². The van der Waals surface area contributed by atoms with Gasteiger partial charge in [-0.3, -0.25) is 9.59 Å². The van der Waals surface area contributed by atoms with Crippen LogP contribution in [0.3, 0.4) is 0 Å². The summed E-state index contributed by atoms with van der Waals surface area (Å²) in [7, 11) is 0. The maximum atomic E-state index is 13.3. The van der Waals surface area contributed by atoms with Gasteiger partial charge in [0.2, 0.25) is 5.89 Å². The van der Waals surface area contributed by atoms with E-state index in [1.54, 1.807) is 12.1 Å². The molecule has 8 heteroatoms. The van der Waals surface area contributed by atoms with Gasteiger partial charge in [-0.2, -0.15) is 0 Å². The summed E-state index contributed by atoms with van der Waals surface area (Å²) in [6, 6.07) is 14.2. The van der Waals surface area contributed by atoms with Crippen molar-refractivity contribution in [2.75, 3.05) is 0 Å². The molecule has 7 nitrogen and oxygen atoms in total. The largest absolute Gasteiger partial charge is 0.481 e. The second-order valence-electron chi connectivity index (χ2n) is 11.1. The molecule has 5 rings (SSSR count). The Balaban J connectivity index is 1.29. The van der Waals surface area contributed by atoms with E-state index in [9.17, 15) is 14.0 Å². The van der Waals surface area contributed by atoms with Crippen molar-refractivity contribution in [3.8, 4) is 0 Å². The van der Waals surface area contributed by atoms with Crippen LogP contribution >= 0.6 is 0 Å². The summed E-state index contributed by atoms with van der Waals surface area (Å²) in [5.41, 5.74) is 2.71. The van der Waals surface area contributed by atoms with Crippen molar-refractivity contribution in [2.45, 2.75) is 76.0 Å². The van der Waals surface area contributed by atoms with Gasteiger partial charge in [-0.1, -0.05) is 36.4 Å². The Morgan fingerprint density at radius 1 is 1.08 bits per heavy atom. The number of aromatic nitrogens is 1. The molecule has 2 aliphatic heterocycles. The molecule has 3 aromatic rings. The number of nitrogens with zero attached hydrogens (tertiary/aromatic N) is 1. The number of nitrogens with one attached hydrogen (secondary N) is 1. The molecule has 3 heterocycles. The van der Waals surface area contributed by atoms with Crippen molar-refractivity contribution in [3.63, 3.8) is 0 Å². The van der Waals surface area contributed by atoms with Gasteiger partial charge >= 0.3 is 5.97 Å². The first-order valence-corrected chi connectivity index (χ1v) is 13.1. The summed E-state index contributed by atoms with van der Waals surface area (Å²) >= 11 is 0. The average molecular weight is 521 g/mol. The molecular weight excluding hydrogens is 487 g/mol. The minimum atomic E-state index is -0.813. The number of halogens is 1. The fourth-order valence-corrected chi connectivity index (χ4v) is 5.95. The molecule has 4 atom stereocenters. The number of hydrogen-bond acceptors (Lipinski definition) is 5. The van der Waals surface area contributed by atoms with Gasteiger partial charge in [0.05, 0.1) is 18.1 Å². The smallest absolute Gasteiger partial charge is 0.303 e. The minimum Gasteiger partial charge on any atom is -0.481 e. The molecule has 0 spiro atoms. The fraction of sp³-hybridized carbons (Fsp3) is 0.433. The van der Waals surface area contributed by atoms with Crippen molar-refractivity contribution < 1.29 is 28.2 Å². The number of aliphatic carboxylic acids is 1. The predicted octanol–water partition coefficient (Wildman–Crippen LogP) is 5.09. The van der Waals surface area contributed by atoms with Crippen molar-refractivity contribution in [2.24, 2.45) is 5.92 Å².